The van der Waals surface area contributed by atoms with Gasteiger partial charge >= 0.3 is 0 Å². The molecule has 6 heteroatoms. The lowest BCUT2D eigenvalue weighted by atomic mass is 9.89. The smallest absolute Gasteiger partial charge is 0.220 e. The quantitative estimate of drug-likeness (QED) is 0.856. The van der Waals surface area contributed by atoms with E-state index in [9.17, 15) is 9.18 Å². The second-order valence-electron chi connectivity index (χ2n) is 6.85. The highest BCUT2D eigenvalue weighted by atomic mass is 35.5. The molecule has 1 amide bonds. The summed E-state index contributed by atoms with van der Waals surface area (Å²) in [7, 11) is 0. The Balaban J connectivity index is 0.00000169. The molecule has 2 saturated heterocycles. The molecule has 2 fully saturated rings. The van der Waals surface area contributed by atoms with Crippen LogP contribution in [0.5, 0.6) is 0 Å². The molecule has 2 unspecified atom stereocenters. The summed E-state index contributed by atoms with van der Waals surface area (Å²) in [5, 5.41) is 7.55. The number of hydrogen-bond acceptors (Lipinski definition) is 3. The van der Waals surface area contributed by atoms with Crippen molar-refractivity contribution in [1.29, 1.82) is 0 Å². The van der Waals surface area contributed by atoms with Gasteiger partial charge in [0.1, 0.15) is 5.82 Å². The van der Waals surface area contributed by atoms with Crippen molar-refractivity contribution in [2.45, 2.75) is 50.7 Å². The average Bonchev–Trinajstić information content (AvgIpc) is 3.07. The minimum absolute atomic E-state index is 0. The van der Waals surface area contributed by atoms with Gasteiger partial charge in [-0.2, -0.15) is 0 Å². The molecule has 130 valence electrons. The van der Waals surface area contributed by atoms with Crippen LogP contribution in [0, 0.1) is 11.7 Å². The lowest BCUT2D eigenvalue weighted by Gasteiger charge is -2.28. The van der Waals surface area contributed by atoms with Crippen LogP contribution in [-0.2, 0) is 11.3 Å². The van der Waals surface area contributed by atoms with E-state index < -0.39 is 0 Å². The van der Waals surface area contributed by atoms with Crippen molar-refractivity contribution < 1.29 is 9.18 Å². The summed E-state index contributed by atoms with van der Waals surface area (Å²) in [4.78, 5) is 13.3. The van der Waals surface area contributed by atoms with E-state index in [-0.39, 0.29) is 24.1 Å². The van der Waals surface area contributed by atoms with Crippen molar-refractivity contribution in [2.24, 2.45) is 5.92 Å². The van der Waals surface area contributed by atoms with Crippen LogP contribution in [0.3, 0.4) is 0 Å². The summed E-state index contributed by atoms with van der Waals surface area (Å²) in [6.07, 6.45) is 5.43. The van der Waals surface area contributed by atoms with Crippen LogP contribution in [0.1, 0.15) is 37.0 Å². The Labute approximate surface area is 151 Å². The van der Waals surface area contributed by atoms with Gasteiger partial charge in [-0.15, -0.1) is 23.7 Å². The summed E-state index contributed by atoms with van der Waals surface area (Å²) in [6.45, 7) is 0.539. The van der Waals surface area contributed by atoms with Crippen LogP contribution < -0.4 is 10.6 Å². The third-order valence-corrected chi connectivity index (χ3v) is 6.15. The maximum atomic E-state index is 13.2. The zero-order chi connectivity index (χ0) is 15.8. The summed E-state index contributed by atoms with van der Waals surface area (Å²) in [5.41, 5.74) is 0. The Bertz CT molecular complexity index is 723. The third-order valence-electron chi connectivity index (χ3n) is 5.03. The number of fused-ring (bicyclic) bond motifs is 3. The molecule has 2 atom stereocenters. The Morgan fingerprint density at radius 3 is 2.75 bits per heavy atom. The van der Waals surface area contributed by atoms with E-state index in [4.69, 9.17) is 0 Å². The Hall–Kier alpha value is -1.17. The molecule has 3 nitrogen and oxygen atoms in total. The van der Waals surface area contributed by atoms with Gasteiger partial charge in [0.15, 0.2) is 0 Å². The molecule has 0 spiro atoms. The summed E-state index contributed by atoms with van der Waals surface area (Å²) >= 11 is 1.61. The highest BCUT2D eigenvalue weighted by molar-refractivity contribution is 7.19. The Kier molecular flexibility index (Phi) is 5.42. The first-order valence-electron chi connectivity index (χ1n) is 8.36. The highest BCUT2D eigenvalue weighted by Gasteiger charge is 2.34. The van der Waals surface area contributed by atoms with Crippen LogP contribution >= 0.6 is 23.7 Å². The van der Waals surface area contributed by atoms with Gasteiger partial charge in [0.25, 0.3) is 0 Å². The number of piperidine rings is 1. The molecule has 1 aromatic carbocycles. The van der Waals surface area contributed by atoms with Gasteiger partial charge < -0.3 is 10.6 Å². The molecule has 3 heterocycles. The lowest BCUT2D eigenvalue weighted by molar-refractivity contribution is -0.122. The van der Waals surface area contributed by atoms with Crippen molar-refractivity contribution in [3.8, 4) is 0 Å². The van der Waals surface area contributed by atoms with E-state index in [0.717, 1.165) is 27.8 Å². The molecule has 1 aromatic heterocycles. The largest absolute Gasteiger partial charge is 0.351 e. The van der Waals surface area contributed by atoms with Gasteiger partial charge in [0, 0.05) is 28.1 Å². The fourth-order valence-electron chi connectivity index (χ4n) is 4.02. The SMILES string of the molecule is Cl.O=C(CC1CC2CCC(C1)N2)NCc1cc2cc(F)ccc2s1. The number of benzene rings is 1. The number of thiophene rings is 1. The maximum Gasteiger partial charge on any atom is 0.220 e. The van der Waals surface area contributed by atoms with Crippen molar-refractivity contribution in [3.63, 3.8) is 0 Å². The van der Waals surface area contributed by atoms with Gasteiger partial charge in [0.05, 0.1) is 6.54 Å². The Morgan fingerprint density at radius 1 is 1.25 bits per heavy atom. The average molecular weight is 369 g/mol. The highest BCUT2D eigenvalue weighted by Crippen LogP contribution is 2.32. The number of hydrogen-bond donors (Lipinski definition) is 2. The normalized spacial score (nSPS) is 25.5. The molecule has 0 radical (unpaired) electrons. The van der Waals surface area contributed by atoms with Crippen molar-refractivity contribution in [1.82, 2.24) is 10.6 Å². The van der Waals surface area contributed by atoms with Crippen molar-refractivity contribution >= 4 is 39.7 Å². The van der Waals surface area contributed by atoms with Crippen LogP contribution in [0.25, 0.3) is 10.1 Å². The van der Waals surface area contributed by atoms with Crippen LogP contribution in [0.2, 0.25) is 0 Å². The van der Waals surface area contributed by atoms with Gasteiger partial charge in [0.2, 0.25) is 5.91 Å². The molecule has 2 N–H and O–H groups in total. The Morgan fingerprint density at radius 2 is 2.00 bits per heavy atom. The standard InChI is InChI=1S/C18H21FN2OS.ClH/c19-13-1-4-17-12(8-13)9-16(23-17)10-20-18(22)7-11-5-14-2-3-15(6-11)21-14;/h1,4,8-9,11,14-15,21H,2-3,5-7,10H2,(H,20,22);1H. The first kappa shape index (κ1) is 17.6. The topological polar surface area (TPSA) is 41.1 Å². The third kappa shape index (κ3) is 3.90. The summed E-state index contributed by atoms with van der Waals surface area (Å²) < 4.78 is 14.3. The fraction of sp³-hybridized carbons (Fsp3) is 0.500. The summed E-state index contributed by atoms with van der Waals surface area (Å²) in [6, 6.07) is 8.04. The molecule has 2 bridgehead atoms. The van der Waals surface area contributed by atoms with Crippen LogP contribution in [0.4, 0.5) is 4.39 Å². The molecule has 2 aliphatic rings. The van der Waals surface area contributed by atoms with E-state index in [1.807, 2.05) is 6.07 Å². The number of carbonyl (C=O) groups is 1. The first-order chi connectivity index (χ1) is 11.2. The van der Waals surface area contributed by atoms with Crippen molar-refractivity contribution in [2.75, 3.05) is 0 Å². The van der Waals surface area contributed by atoms with Gasteiger partial charge in [-0.3, -0.25) is 4.79 Å². The monoisotopic (exact) mass is 368 g/mol. The van der Waals surface area contributed by atoms with Gasteiger partial charge in [-0.1, -0.05) is 0 Å². The first-order valence-corrected chi connectivity index (χ1v) is 9.18. The van der Waals surface area contributed by atoms with E-state index in [0.29, 0.717) is 31.0 Å². The number of nitrogens with one attached hydrogen (secondary N) is 2. The summed E-state index contributed by atoms with van der Waals surface area (Å²) in [5.74, 6) is 0.441. The zero-order valence-corrected chi connectivity index (χ0v) is 15.0. The predicted octanol–water partition coefficient (Wildman–Crippen LogP) is 4.00. The van der Waals surface area contributed by atoms with E-state index in [1.54, 1.807) is 23.5 Å². The minimum Gasteiger partial charge on any atom is -0.351 e. The van der Waals surface area contributed by atoms with Gasteiger partial charge in [-0.05, 0) is 61.3 Å². The number of carbonyl (C=O) groups excluding carboxylic acids is 1. The van der Waals surface area contributed by atoms with E-state index in [2.05, 4.69) is 10.6 Å². The molecule has 0 saturated carbocycles. The maximum absolute atomic E-state index is 13.2. The van der Waals surface area contributed by atoms with Gasteiger partial charge in [-0.25, -0.2) is 4.39 Å². The molecule has 2 aromatic rings. The minimum atomic E-state index is -0.216. The van der Waals surface area contributed by atoms with E-state index >= 15 is 0 Å². The molecule has 4 rings (SSSR count). The second kappa shape index (κ2) is 7.38. The fourth-order valence-corrected chi connectivity index (χ4v) is 5.00. The van der Waals surface area contributed by atoms with Crippen molar-refractivity contribution in [3.05, 3.63) is 35.0 Å². The zero-order valence-electron chi connectivity index (χ0n) is 13.4. The molecule has 2 aliphatic heterocycles. The van der Waals surface area contributed by atoms with Crippen LogP contribution in [0.15, 0.2) is 24.3 Å². The molecule has 0 aliphatic carbocycles. The number of amides is 1. The molecule has 24 heavy (non-hydrogen) atoms. The van der Waals surface area contributed by atoms with E-state index in [1.165, 1.54) is 18.9 Å². The molecular formula is C18H22ClFN2OS. The predicted molar refractivity (Wildman–Crippen MR) is 98.2 cm³/mol. The van der Waals surface area contributed by atoms with Crippen LogP contribution in [-0.4, -0.2) is 18.0 Å². The lowest BCUT2D eigenvalue weighted by Crippen LogP contribution is -2.39. The number of rotatable bonds is 4. The molecular weight excluding hydrogens is 347 g/mol. The second-order valence-corrected chi connectivity index (χ2v) is 8.02. The number of halogens is 2.